The molecular formula is C20H30N2O2. The fourth-order valence-corrected chi connectivity index (χ4v) is 5.66. The number of nitrogens with two attached hydrogens (primary N) is 1. The standard InChI is InChI=1S/C20H30N2O2/c1-14-5-8-17-19(2,10-4-11-20(17,3)18(23)22-21)16(14)7-6-15-9-12-24-13-15/h9,12-13,16-17H,1,4-8,10-11,21H2,2-3H3,(H,22,23)/t16-,17+,19+,20-/m0/s1. The van der Waals surface area contributed by atoms with Crippen LogP contribution in [-0.4, -0.2) is 5.91 Å². The summed E-state index contributed by atoms with van der Waals surface area (Å²) in [5.41, 5.74) is 4.79. The molecule has 132 valence electrons. The molecule has 3 rings (SSSR count). The largest absolute Gasteiger partial charge is 0.472 e. The molecule has 24 heavy (non-hydrogen) atoms. The lowest BCUT2D eigenvalue weighted by atomic mass is 9.46. The number of hydrazine groups is 1. The van der Waals surface area contributed by atoms with E-state index in [0.717, 1.165) is 38.5 Å². The summed E-state index contributed by atoms with van der Waals surface area (Å²) < 4.78 is 5.20. The molecule has 0 aliphatic heterocycles. The zero-order chi connectivity index (χ0) is 17.4. The maximum absolute atomic E-state index is 12.5. The van der Waals surface area contributed by atoms with Gasteiger partial charge in [-0.25, -0.2) is 5.84 Å². The topological polar surface area (TPSA) is 68.3 Å². The molecule has 0 bridgehead atoms. The van der Waals surface area contributed by atoms with Gasteiger partial charge < -0.3 is 4.42 Å². The first-order valence-electron chi connectivity index (χ1n) is 9.11. The van der Waals surface area contributed by atoms with Crippen LogP contribution >= 0.6 is 0 Å². The summed E-state index contributed by atoms with van der Waals surface area (Å²) in [5, 5.41) is 0. The number of nitrogens with one attached hydrogen (secondary N) is 1. The first-order valence-corrected chi connectivity index (χ1v) is 9.11. The number of carbonyl (C=O) groups excluding carboxylic acids is 1. The van der Waals surface area contributed by atoms with Gasteiger partial charge in [-0.05, 0) is 67.4 Å². The zero-order valence-electron chi connectivity index (χ0n) is 14.9. The Labute approximate surface area is 144 Å². The maximum Gasteiger partial charge on any atom is 0.240 e. The molecule has 2 saturated carbocycles. The van der Waals surface area contributed by atoms with Crippen LogP contribution in [0.15, 0.2) is 35.2 Å². The molecule has 0 saturated heterocycles. The number of allylic oxidation sites excluding steroid dienone is 1. The van der Waals surface area contributed by atoms with E-state index in [4.69, 9.17) is 10.3 Å². The third-order valence-electron chi connectivity index (χ3n) is 6.97. The number of amides is 1. The van der Waals surface area contributed by atoms with Crippen molar-refractivity contribution >= 4 is 5.91 Å². The molecule has 2 fully saturated rings. The van der Waals surface area contributed by atoms with Gasteiger partial charge in [0, 0.05) is 0 Å². The fourth-order valence-electron chi connectivity index (χ4n) is 5.66. The van der Waals surface area contributed by atoms with Crippen molar-refractivity contribution in [1.82, 2.24) is 5.43 Å². The monoisotopic (exact) mass is 330 g/mol. The molecule has 1 heterocycles. The Morgan fingerprint density at radius 1 is 1.46 bits per heavy atom. The average Bonchev–Trinajstić information content (AvgIpc) is 3.06. The Morgan fingerprint density at radius 3 is 2.92 bits per heavy atom. The van der Waals surface area contributed by atoms with Crippen LogP contribution in [0.2, 0.25) is 0 Å². The van der Waals surface area contributed by atoms with E-state index in [1.807, 2.05) is 12.3 Å². The summed E-state index contributed by atoms with van der Waals surface area (Å²) in [6, 6.07) is 2.04. The van der Waals surface area contributed by atoms with Crippen molar-refractivity contribution in [2.24, 2.45) is 28.5 Å². The molecule has 1 aromatic heterocycles. The van der Waals surface area contributed by atoms with Crippen molar-refractivity contribution in [3.8, 4) is 0 Å². The lowest BCUT2D eigenvalue weighted by molar-refractivity contribution is -0.146. The highest BCUT2D eigenvalue weighted by Gasteiger charge is 2.56. The predicted octanol–water partition coefficient (Wildman–Crippen LogP) is 3.98. The maximum atomic E-state index is 12.5. The SMILES string of the molecule is C=C1CC[C@@H]2[C@](C)(CCC[C@]2(C)C(=O)NN)[C@H]1CCc1ccoc1. The van der Waals surface area contributed by atoms with Crippen molar-refractivity contribution in [2.45, 2.75) is 58.8 Å². The van der Waals surface area contributed by atoms with Crippen molar-refractivity contribution < 1.29 is 9.21 Å². The van der Waals surface area contributed by atoms with Gasteiger partial charge in [-0.15, -0.1) is 0 Å². The molecule has 2 aliphatic rings. The molecule has 4 heteroatoms. The van der Waals surface area contributed by atoms with E-state index in [0.29, 0.717) is 11.8 Å². The Kier molecular flexibility index (Phi) is 4.60. The van der Waals surface area contributed by atoms with E-state index in [9.17, 15) is 4.79 Å². The van der Waals surface area contributed by atoms with Crippen LogP contribution in [0.3, 0.4) is 0 Å². The van der Waals surface area contributed by atoms with Gasteiger partial charge in [0.15, 0.2) is 0 Å². The summed E-state index contributed by atoms with van der Waals surface area (Å²) in [7, 11) is 0. The molecule has 0 radical (unpaired) electrons. The molecule has 0 unspecified atom stereocenters. The molecule has 2 aliphatic carbocycles. The van der Waals surface area contributed by atoms with Gasteiger partial charge in [-0.3, -0.25) is 10.2 Å². The third kappa shape index (κ3) is 2.71. The van der Waals surface area contributed by atoms with Gasteiger partial charge in [0.2, 0.25) is 5.91 Å². The first kappa shape index (κ1) is 17.3. The van der Waals surface area contributed by atoms with E-state index >= 15 is 0 Å². The lowest BCUT2D eigenvalue weighted by Crippen LogP contribution is -2.57. The number of hydrogen-bond acceptors (Lipinski definition) is 3. The molecular weight excluding hydrogens is 300 g/mol. The Morgan fingerprint density at radius 2 is 2.25 bits per heavy atom. The number of fused-ring (bicyclic) bond motifs is 1. The minimum atomic E-state index is -0.365. The second-order valence-electron chi connectivity index (χ2n) is 8.22. The van der Waals surface area contributed by atoms with E-state index in [2.05, 4.69) is 25.9 Å². The number of furan rings is 1. The summed E-state index contributed by atoms with van der Waals surface area (Å²) in [6.07, 6.45) is 10.9. The number of carbonyl (C=O) groups is 1. The molecule has 1 aromatic rings. The van der Waals surface area contributed by atoms with Crippen molar-refractivity contribution in [3.63, 3.8) is 0 Å². The first-order chi connectivity index (χ1) is 11.4. The zero-order valence-corrected chi connectivity index (χ0v) is 14.9. The number of hydrogen-bond donors (Lipinski definition) is 2. The van der Waals surface area contributed by atoms with Gasteiger partial charge in [-0.1, -0.05) is 32.4 Å². The van der Waals surface area contributed by atoms with Crippen LogP contribution in [0.4, 0.5) is 0 Å². The molecule has 4 atom stereocenters. The second kappa shape index (κ2) is 6.40. The van der Waals surface area contributed by atoms with Crippen molar-refractivity contribution in [3.05, 3.63) is 36.3 Å². The van der Waals surface area contributed by atoms with Gasteiger partial charge in [-0.2, -0.15) is 0 Å². The van der Waals surface area contributed by atoms with Gasteiger partial charge in [0.25, 0.3) is 0 Å². The molecule has 0 aromatic carbocycles. The van der Waals surface area contributed by atoms with E-state index < -0.39 is 0 Å². The van der Waals surface area contributed by atoms with Crippen molar-refractivity contribution in [2.75, 3.05) is 0 Å². The lowest BCUT2D eigenvalue weighted by Gasteiger charge is -2.58. The minimum absolute atomic E-state index is 0.000443. The smallest absolute Gasteiger partial charge is 0.240 e. The minimum Gasteiger partial charge on any atom is -0.472 e. The van der Waals surface area contributed by atoms with Crippen LogP contribution in [-0.2, 0) is 11.2 Å². The van der Waals surface area contributed by atoms with Crippen LogP contribution in [0.1, 0.15) is 57.9 Å². The highest BCUT2D eigenvalue weighted by atomic mass is 16.3. The van der Waals surface area contributed by atoms with Crippen molar-refractivity contribution in [1.29, 1.82) is 0 Å². The van der Waals surface area contributed by atoms with Gasteiger partial charge in [0.05, 0.1) is 17.9 Å². The Bertz CT molecular complexity index is 609. The highest BCUT2D eigenvalue weighted by Crippen LogP contribution is 2.61. The quantitative estimate of drug-likeness (QED) is 0.380. The molecule has 3 N–H and O–H groups in total. The van der Waals surface area contributed by atoms with Gasteiger partial charge in [0.1, 0.15) is 0 Å². The molecule has 4 nitrogen and oxygen atoms in total. The average molecular weight is 330 g/mol. The van der Waals surface area contributed by atoms with Crippen LogP contribution in [0.5, 0.6) is 0 Å². The summed E-state index contributed by atoms with van der Waals surface area (Å²) in [6.45, 7) is 8.88. The fraction of sp³-hybridized carbons (Fsp3) is 0.650. The summed E-state index contributed by atoms with van der Waals surface area (Å²) in [5.74, 6) is 6.33. The Hall–Kier alpha value is -1.55. The highest BCUT2D eigenvalue weighted by molar-refractivity contribution is 5.82. The number of aryl methyl sites for hydroxylation is 1. The number of rotatable bonds is 4. The van der Waals surface area contributed by atoms with Crippen LogP contribution < -0.4 is 11.3 Å². The van der Waals surface area contributed by atoms with E-state index in [1.165, 1.54) is 17.6 Å². The van der Waals surface area contributed by atoms with E-state index in [-0.39, 0.29) is 16.7 Å². The Balaban J connectivity index is 1.86. The predicted molar refractivity (Wildman–Crippen MR) is 94.8 cm³/mol. The van der Waals surface area contributed by atoms with Crippen LogP contribution in [0, 0.1) is 22.7 Å². The van der Waals surface area contributed by atoms with Crippen LogP contribution in [0.25, 0.3) is 0 Å². The molecule has 1 amide bonds. The summed E-state index contributed by atoms with van der Waals surface area (Å²) >= 11 is 0. The normalized spacial score (nSPS) is 36.2. The summed E-state index contributed by atoms with van der Waals surface area (Å²) in [4.78, 5) is 12.5. The third-order valence-corrected chi connectivity index (χ3v) is 6.97. The van der Waals surface area contributed by atoms with E-state index in [1.54, 1.807) is 6.26 Å². The van der Waals surface area contributed by atoms with Gasteiger partial charge >= 0.3 is 0 Å². The molecule has 0 spiro atoms. The second-order valence-corrected chi connectivity index (χ2v) is 8.22.